The number of carboxylic acid groups (broad SMARTS) is 1. The molecule has 2 atom stereocenters. The number of rotatable bonds is 6. The van der Waals surface area contributed by atoms with Crippen molar-refractivity contribution in [2.45, 2.75) is 24.9 Å². The summed E-state index contributed by atoms with van der Waals surface area (Å²) in [6, 6.07) is 14.9. The molecular formula is C20H23NO4. The fourth-order valence-electron chi connectivity index (χ4n) is 3.59. The Labute approximate surface area is 147 Å². The van der Waals surface area contributed by atoms with Crippen LogP contribution in [0, 0.1) is 0 Å². The number of carboxylic acids is 1. The van der Waals surface area contributed by atoms with Gasteiger partial charge in [0.25, 0.3) is 0 Å². The quantitative estimate of drug-likeness (QED) is 0.873. The van der Waals surface area contributed by atoms with Gasteiger partial charge in [-0.25, -0.2) is 0 Å². The number of nitrogens with zero attached hydrogens (tertiary/aromatic N) is 1. The number of ether oxygens (including phenoxy) is 2. The Bertz CT molecular complexity index is 729. The van der Waals surface area contributed by atoms with Crippen LogP contribution >= 0.6 is 0 Å². The van der Waals surface area contributed by atoms with Crippen LogP contribution in [0.4, 0.5) is 0 Å². The van der Waals surface area contributed by atoms with E-state index in [1.54, 1.807) is 14.2 Å². The minimum absolute atomic E-state index is 0.175. The van der Waals surface area contributed by atoms with Gasteiger partial charge in [-0.2, -0.15) is 0 Å². The van der Waals surface area contributed by atoms with Crippen LogP contribution in [0.5, 0.6) is 11.5 Å². The zero-order valence-corrected chi connectivity index (χ0v) is 14.5. The van der Waals surface area contributed by atoms with Crippen molar-refractivity contribution in [2.24, 2.45) is 0 Å². The molecule has 25 heavy (non-hydrogen) atoms. The molecule has 3 rings (SSSR count). The maximum Gasteiger partial charge on any atom is 0.320 e. The number of para-hydroxylation sites is 1. The van der Waals surface area contributed by atoms with Crippen LogP contribution in [0.15, 0.2) is 48.5 Å². The first-order valence-corrected chi connectivity index (χ1v) is 8.41. The topological polar surface area (TPSA) is 59.0 Å². The van der Waals surface area contributed by atoms with Gasteiger partial charge in [0.1, 0.15) is 17.5 Å². The van der Waals surface area contributed by atoms with E-state index in [9.17, 15) is 9.90 Å². The van der Waals surface area contributed by atoms with Gasteiger partial charge in [0.15, 0.2) is 0 Å². The van der Waals surface area contributed by atoms with Crippen LogP contribution in [-0.2, 0) is 4.79 Å². The molecule has 0 aromatic heterocycles. The Balaban J connectivity index is 2.08. The molecule has 0 bridgehead atoms. The molecule has 0 spiro atoms. The highest BCUT2D eigenvalue weighted by Crippen LogP contribution is 2.39. The van der Waals surface area contributed by atoms with Gasteiger partial charge in [0.05, 0.1) is 20.3 Å². The molecule has 1 heterocycles. The third kappa shape index (κ3) is 3.46. The van der Waals surface area contributed by atoms with Crippen LogP contribution in [-0.4, -0.2) is 42.8 Å². The monoisotopic (exact) mass is 341 g/mol. The van der Waals surface area contributed by atoms with E-state index in [1.165, 1.54) is 0 Å². The Hall–Kier alpha value is -2.53. The number of benzene rings is 2. The fourth-order valence-corrected chi connectivity index (χ4v) is 3.59. The second kappa shape index (κ2) is 7.57. The average Bonchev–Trinajstić information content (AvgIpc) is 3.12. The number of hydrogen-bond donors (Lipinski definition) is 1. The Morgan fingerprint density at radius 3 is 2.48 bits per heavy atom. The van der Waals surface area contributed by atoms with Gasteiger partial charge >= 0.3 is 5.97 Å². The molecule has 0 radical (unpaired) electrons. The molecule has 1 aliphatic heterocycles. The first kappa shape index (κ1) is 17.3. The highest BCUT2D eigenvalue weighted by molar-refractivity contribution is 5.74. The van der Waals surface area contributed by atoms with E-state index in [0.29, 0.717) is 6.42 Å². The van der Waals surface area contributed by atoms with Gasteiger partial charge < -0.3 is 14.6 Å². The molecule has 1 aliphatic rings. The number of carbonyl (C=O) groups is 1. The van der Waals surface area contributed by atoms with E-state index in [1.807, 2.05) is 48.5 Å². The average molecular weight is 341 g/mol. The first-order chi connectivity index (χ1) is 12.2. The van der Waals surface area contributed by atoms with E-state index in [0.717, 1.165) is 35.6 Å². The molecule has 0 saturated carbocycles. The molecule has 5 nitrogen and oxygen atoms in total. The summed E-state index contributed by atoms with van der Waals surface area (Å²) in [5.74, 6) is 0.768. The summed E-state index contributed by atoms with van der Waals surface area (Å²) >= 11 is 0. The molecule has 1 fully saturated rings. The summed E-state index contributed by atoms with van der Waals surface area (Å²) in [6.45, 7) is 0.742. The van der Waals surface area contributed by atoms with Gasteiger partial charge in [-0.3, -0.25) is 9.69 Å². The normalized spacial score (nSPS) is 18.7. The molecule has 132 valence electrons. The summed E-state index contributed by atoms with van der Waals surface area (Å²) in [5.41, 5.74) is 2.00. The zero-order chi connectivity index (χ0) is 17.8. The summed E-state index contributed by atoms with van der Waals surface area (Å²) in [7, 11) is 3.27. The smallest absolute Gasteiger partial charge is 0.320 e. The first-order valence-electron chi connectivity index (χ1n) is 8.41. The van der Waals surface area contributed by atoms with E-state index in [-0.39, 0.29) is 6.04 Å². The van der Waals surface area contributed by atoms with Gasteiger partial charge in [0, 0.05) is 12.1 Å². The van der Waals surface area contributed by atoms with Crippen LogP contribution in [0.3, 0.4) is 0 Å². The number of hydrogen-bond acceptors (Lipinski definition) is 4. The standard InChI is InChI=1S/C20H23NO4/c1-24-15-11-9-14(10-12-15)19(16-6-3-4-8-18(16)25-2)21-13-5-7-17(21)20(22)23/h3-4,6,8-12,17,19H,5,7,13H2,1-2H3,(H,22,23). The molecule has 2 aromatic carbocycles. The van der Waals surface area contributed by atoms with Crippen molar-refractivity contribution in [3.05, 3.63) is 59.7 Å². The lowest BCUT2D eigenvalue weighted by molar-refractivity contribution is -0.142. The summed E-state index contributed by atoms with van der Waals surface area (Å²) < 4.78 is 10.8. The Morgan fingerprint density at radius 1 is 1.12 bits per heavy atom. The summed E-state index contributed by atoms with van der Waals surface area (Å²) in [6.07, 6.45) is 1.54. The Kier molecular flexibility index (Phi) is 5.24. The van der Waals surface area contributed by atoms with E-state index < -0.39 is 12.0 Å². The summed E-state index contributed by atoms with van der Waals surface area (Å²) in [4.78, 5) is 13.8. The molecule has 0 aliphatic carbocycles. The third-order valence-electron chi connectivity index (χ3n) is 4.78. The number of likely N-dealkylation sites (tertiary alicyclic amines) is 1. The molecular weight excluding hydrogens is 318 g/mol. The lowest BCUT2D eigenvalue weighted by Crippen LogP contribution is -2.39. The fraction of sp³-hybridized carbons (Fsp3) is 0.350. The van der Waals surface area contributed by atoms with Crippen molar-refractivity contribution in [1.82, 2.24) is 4.90 Å². The summed E-state index contributed by atoms with van der Waals surface area (Å²) in [5, 5.41) is 9.64. The number of aliphatic carboxylic acids is 1. The van der Waals surface area contributed by atoms with Crippen LogP contribution in [0.2, 0.25) is 0 Å². The molecule has 2 aromatic rings. The Morgan fingerprint density at radius 2 is 1.84 bits per heavy atom. The molecule has 0 amide bonds. The highest BCUT2D eigenvalue weighted by atomic mass is 16.5. The largest absolute Gasteiger partial charge is 0.497 e. The molecule has 1 saturated heterocycles. The van der Waals surface area contributed by atoms with Gasteiger partial charge in [-0.15, -0.1) is 0 Å². The van der Waals surface area contributed by atoms with Crippen LogP contribution in [0.1, 0.15) is 30.0 Å². The minimum Gasteiger partial charge on any atom is -0.497 e. The lowest BCUT2D eigenvalue weighted by atomic mass is 9.95. The maximum absolute atomic E-state index is 11.7. The molecule has 2 unspecified atom stereocenters. The van der Waals surface area contributed by atoms with Crippen molar-refractivity contribution in [3.63, 3.8) is 0 Å². The predicted octanol–water partition coefficient (Wildman–Crippen LogP) is 3.34. The predicted molar refractivity (Wildman–Crippen MR) is 95.2 cm³/mol. The van der Waals surface area contributed by atoms with E-state index >= 15 is 0 Å². The van der Waals surface area contributed by atoms with Gasteiger partial charge in [0.2, 0.25) is 0 Å². The van der Waals surface area contributed by atoms with Crippen LogP contribution in [0.25, 0.3) is 0 Å². The van der Waals surface area contributed by atoms with Gasteiger partial charge in [-0.05, 0) is 36.6 Å². The third-order valence-corrected chi connectivity index (χ3v) is 4.78. The highest BCUT2D eigenvalue weighted by Gasteiger charge is 2.37. The number of methoxy groups -OCH3 is 2. The second-order valence-electron chi connectivity index (χ2n) is 6.15. The zero-order valence-electron chi connectivity index (χ0n) is 14.5. The van der Waals surface area contributed by atoms with E-state index in [4.69, 9.17) is 9.47 Å². The SMILES string of the molecule is COc1ccc(C(c2ccccc2OC)N2CCCC2C(=O)O)cc1. The van der Waals surface area contributed by atoms with Gasteiger partial charge in [-0.1, -0.05) is 30.3 Å². The van der Waals surface area contributed by atoms with Crippen molar-refractivity contribution in [1.29, 1.82) is 0 Å². The molecule has 5 heteroatoms. The second-order valence-corrected chi connectivity index (χ2v) is 6.15. The minimum atomic E-state index is -0.772. The maximum atomic E-state index is 11.7. The van der Waals surface area contributed by atoms with E-state index in [2.05, 4.69) is 4.90 Å². The molecule has 1 N–H and O–H groups in total. The van der Waals surface area contributed by atoms with Crippen molar-refractivity contribution in [2.75, 3.05) is 20.8 Å². The lowest BCUT2D eigenvalue weighted by Gasteiger charge is -2.32. The van der Waals surface area contributed by atoms with Crippen molar-refractivity contribution in [3.8, 4) is 11.5 Å². The van der Waals surface area contributed by atoms with Crippen LogP contribution < -0.4 is 9.47 Å². The van der Waals surface area contributed by atoms with Crippen molar-refractivity contribution >= 4 is 5.97 Å². The van der Waals surface area contributed by atoms with Crippen molar-refractivity contribution < 1.29 is 19.4 Å².